The molecule has 0 saturated carbocycles. The Bertz CT molecular complexity index is 1120. The van der Waals surface area contributed by atoms with Gasteiger partial charge in [-0.3, -0.25) is 19.5 Å². The minimum Gasteiger partial charge on any atom is -0.353 e. The average molecular weight is 428 g/mol. The average Bonchev–Trinajstić information content (AvgIpc) is 3.12. The lowest BCUT2D eigenvalue weighted by Gasteiger charge is -2.36. The number of fused-ring (bicyclic) bond motifs is 1. The van der Waals surface area contributed by atoms with Crippen molar-refractivity contribution in [2.24, 2.45) is 0 Å². The van der Waals surface area contributed by atoms with Gasteiger partial charge in [-0.15, -0.1) is 0 Å². The Morgan fingerprint density at radius 1 is 0.938 bits per heavy atom. The van der Waals surface area contributed by atoms with E-state index in [1.54, 1.807) is 29.4 Å². The molecule has 2 aromatic heterocycles. The molecule has 2 aliphatic rings. The zero-order chi connectivity index (χ0) is 22.1. The van der Waals surface area contributed by atoms with Gasteiger partial charge in [0, 0.05) is 44.3 Å². The quantitative estimate of drug-likeness (QED) is 0.639. The molecule has 162 valence electrons. The van der Waals surface area contributed by atoms with Crippen molar-refractivity contribution in [1.82, 2.24) is 14.9 Å². The van der Waals surface area contributed by atoms with E-state index in [9.17, 15) is 9.59 Å². The Morgan fingerprint density at radius 3 is 2.41 bits per heavy atom. The van der Waals surface area contributed by atoms with Gasteiger partial charge >= 0.3 is 0 Å². The van der Waals surface area contributed by atoms with Gasteiger partial charge in [0.15, 0.2) is 0 Å². The van der Waals surface area contributed by atoms with Crippen LogP contribution >= 0.6 is 0 Å². The maximum Gasteiger partial charge on any atom is 0.260 e. The van der Waals surface area contributed by atoms with Gasteiger partial charge in [-0.05, 0) is 43.3 Å². The number of hydrogen-bond donors (Lipinski definition) is 0. The van der Waals surface area contributed by atoms with E-state index < -0.39 is 6.04 Å². The van der Waals surface area contributed by atoms with Crippen LogP contribution in [0, 0.1) is 6.92 Å². The van der Waals surface area contributed by atoms with Gasteiger partial charge in [0.1, 0.15) is 5.82 Å². The van der Waals surface area contributed by atoms with Crippen LogP contribution in [0.25, 0.3) is 0 Å². The van der Waals surface area contributed by atoms with Crippen LogP contribution in [0.1, 0.15) is 34.1 Å². The number of hydrogen-bond acceptors (Lipinski definition) is 5. The SMILES string of the molecule is Cc1ccc(N2C(=O)c3cccnc3[C@@H]2CC(=O)N2CCN(c3ccccn3)CC2)cc1. The van der Waals surface area contributed by atoms with Crippen LogP contribution in [0.3, 0.4) is 0 Å². The molecule has 0 radical (unpaired) electrons. The fraction of sp³-hybridized carbons (Fsp3) is 0.280. The van der Waals surface area contributed by atoms with Gasteiger partial charge < -0.3 is 9.80 Å². The summed E-state index contributed by atoms with van der Waals surface area (Å²) in [7, 11) is 0. The van der Waals surface area contributed by atoms with Gasteiger partial charge in [-0.25, -0.2) is 4.98 Å². The number of benzene rings is 1. The van der Waals surface area contributed by atoms with Gasteiger partial charge in [0.05, 0.1) is 23.7 Å². The van der Waals surface area contributed by atoms with Crippen LogP contribution in [0.2, 0.25) is 0 Å². The number of carbonyl (C=O) groups excluding carboxylic acids is 2. The maximum atomic E-state index is 13.3. The van der Waals surface area contributed by atoms with Gasteiger partial charge in [-0.2, -0.15) is 0 Å². The van der Waals surface area contributed by atoms with Crippen molar-refractivity contribution < 1.29 is 9.59 Å². The predicted molar refractivity (Wildman–Crippen MR) is 123 cm³/mol. The third-order valence-corrected chi connectivity index (χ3v) is 6.20. The van der Waals surface area contributed by atoms with Crippen molar-refractivity contribution >= 4 is 23.3 Å². The Balaban J connectivity index is 1.34. The largest absolute Gasteiger partial charge is 0.353 e. The summed E-state index contributed by atoms with van der Waals surface area (Å²) in [5, 5.41) is 0. The molecular formula is C25H25N5O2. The van der Waals surface area contributed by atoms with E-state index in [2.05, 4.69) is 14.9 Å². The molecule has 1 saturated heterocycles. The van der Waals surface area contributed by atoms with E-state index in [0.29, 0.717) is 24.3 Å². The number of aryl methyl sites for hydroxylation is 1. The predicted octanol–water partition coefficient (Wildman–Crippen LogP) is 3.23. The monoisotopic (exact) mass is 427 g/mol. The number of anilines is 2. The first kappa shape index (κ1) is 20.2. The Kier molecular flexibility index (Phi) is 5.31. The highest BCUT2D eigenvalue weighted by Crippen LogP contribution is 2.38. The van der Waals surface area contributed by atoms with Crippen molar-refractivity contribution in [2.75, 3.05) is 36.0 Å². The molecule has 0 bridgehead atoms. The molecule has 2 aliphatic heterocycles. The Hall–Kier alpha value is -3.74. The third-order valence-electron chi connectivity index (χ3n) is 6.20. The van der Waals surface area contributed by atoms with Crippen molar-refractivity contribution in [3.8, 4) is 0 Å². The van der Waals surface area contributed by atoms with Crippen molar-refractivity contribution in [2.45, 2.75) is 19.4 Å². The number of carbonyl (C=O) groups is 2. The zero-order valence-electron chi connectivity index (χ0n) is 18.0. The highest BCUT2D eigenvalue weighted by molar-refractivity contribution is 6.11. The number of aromatic nitrogens is 2. The van der Waals surface area contributed by atoms with Crippen LogP contribution in [-0.4, -0.2) is 52.9 Å². The molecule has 4 heterocycles. The third kappa shape index (κ3) is 3.70. The summed E-state index contributed by atoms with van der Waals surface area (Å²) < 4.78 is 0. The lowest BCUT2D eigenvalue weighted by Crippen LogP contribution is -2.49. The standard InChI is InChI=1S/C25H25N5O2/c1-18-7-9-19(10-8-18)30-21(24-20(25(30)32)5-4-12-27-24)17-23(31)29-15-13-28(14-16-29)22-6-2-3-11-26-22/h2-12,21H,13-17H2,1H3/t21-/m0/s1. The van der Waals surface area contributed by atoms with E-state index in [4.69, 9.17) is 0 Å². The van der Waals surface area contributed by atoms with E-state index in [1.165, 1.54) is 0 Å². The molecule has 3 aromatic rings. The molecule has 1 aromatic carbocycles. The summed E-state index contributed by atoms with van der Waals surface area (Å²) in [6.07, 6.45) is 3.69. The highest BCUT2D eigenvalue weighted by Gasteiger charge is 2.40. The Labute approximate surface area is 187 Å². The lowest BCUT2D eigenvalue weighted by molar-refractivity contribution is -0.131. The summed E-state index contributed by atoms with van der Waals surface area (Å²) in [4.78, 5) is 41.2. The number of nitrogens with zero attached hydrogens (tertiary/aromatic N) is 5. The molecule has 1 fully saturated rings. The summed E-state index contributed by atoms with van der Waals surface area (Å²) in [6.45, 7) is 4.76. The summed E-state index contributed by atoms with van der Waals surface area (Å²) in [5.41, 5.74) is 3.16. The molecule has 0 unspecified atom stereocenters. The number of piperazine rings is 1. The molecule has 0 N–H and O–H groups in total. The van der Waals surface area contributed by atoms with Crippen LogP contribution in [-0.2, 0) is 4.79 Å². The number of rotatable bonds is 4. The molecule has 2 amide bonds. The van der Waals surface area contributed by atoms with Crippen LogP contribution < -0.4 is 9.80 Å². The second-order valence-corrected chi connectivity index (χ2v) is 8.22. The number of pyridine rings is 2. The fourth-order valence-electron chi connectivity index (χ4n) is 4.47. The first-order valence-corrected chi connectivity index (χ1v) is 10.9. The highest BCUT2D eigenvalue weighted by atomic mass is 16.2. The lowest BCUT2D eigenvalue weighted by atomic mass is 10.1. The van der Waals surface area contributed by atoms with Crippen molar-refractivity contribution in [1.29, 1.82) is 0 Å². The smallest absolute Gasteiger partial charge is 0.260 e. The summed E-state index contributed by atoms with van der Waals surface area (Å²) >= 11 is 0. The van der Waals surface area contributed by atoms with Crippen LogP contribution in [0.15, 0.2) is 67.0 Å². The fourth-order valence-corrected chi connectivity index (χ4v) is 4.47. The molecule has 7 heteroatoms. The summed E-state index contributed by atoms with van der Waals surface area (Å²) in [6, 6.07) is 16.9. The minimum atomic E-state index is -0.400. The van der Waals surface area contributed by atoms with Gasteiger partial charge in [0.2, 0.25) is 5.91 Å². The van der Waals surface area contributed by atoms with E-state index in [0.717, 1.165) is 30.2 Å². The molecule has 32 heavy (non-hydrogen) atoms. The molecule has 7 nitrogen and oxygen atoms in total. The van der Waals surface area contributed by atoms with Crippen molar-refractivity contribution in [3.05, 3.63) is 83.8 Å². The first-order chi connectivity index (χ1) is 15.6. The molecule has 0 aliphatic carbocycles. The zero-order valence-corrected chi connectivity index (χ0v) is 18.0. The van der Waals surface area contributed by atoms with E-state index >= 15 is 0 Å². The number of amides is 2. The molecule has 5 rings (SSSR count). The maximum absolute atomic E-state index is 13.3. The van der Waals surface area contributed by atoms with Crippen molar-refractivity contribution in [3.63, 3.8) is 0 Å². The second kappa shape index (κ2) is 8.42. The molecule has 0 spiro atoms. The Morgan fingerprint density at radius 2 is 1.69 bits per heavy atom. The second-order valence-electron chi connectivity index (χ2n) is 8.22. The normalized spacial score (nSPS) is 18.1. The van der Waals surface area contributed by atoms with Gasteiger partial charge in [-0.1, -0.05) is 23.8 Å². The first-order valence-electron chi connectivity index (χ1n) is 10.9. The summed E-state index contributed by atoms with van der Waals surface area (Å²) in [5.74, 6) is 0.874. The van der Waals surface area contributed by atoms with Crippen LogP contribution in [0.5, 0.6) is 0 Å². The topological polar surface area (TPSA) is 69.6 Å². The van der Waals surface area contributed by atoms with E-state index in [-0.39, 0.29) is 18.2 Å². The molecular weight excluding hydrogens is 402 g/mol. The van der Waals surface area contributed by atoms with Crippen LogP contribution in [0.4, 0.5) is 11.5 Å². The van der Waals surface area contributed by atoms with E-state index in [1.807, 2.05) is 54.3 Å². The molecule has 1 atom stereocenters. The van der Waals surface area contributed by atoms with Gasteiger partial charge in [0.25, 0.3) is 5.91 Å². The minimum absolute atomic E-state index is 0.0408.